The first-order valence-electron chi connectivity index (χ1n) is 8.24. The molecule has 2 aliphatic rings. The van der Waals surface area contributed by atoms with Crippen LogP contribution in [0.15, 0.2) is 23.2 Å². The number of hydrogen-bond acceptors (Lipinski definition) is 2. The van der Waals surface area contributed by atoms with Gasteiger partial charge in [0.15, 0.2) is 0 Å². The average Bonchev–Trinajstić information content (AvgIpc) is 2.64. The number of benzene rings is 1. The number of halogens is 1. The van der Waals surface area contributed by atoms with Crippen molar-refractivity contribution in [1.82, 2.24) is 0 Å². The standard InChI is InChI=1S/C18H23ClN2O/c1-11(2)16-18(22)20-15-9-8-13(19)10-14(15)17(21-16)12-6-4-3-5-7-12/h8-12,16H,3-7H2,1-2H3,(H,20,22)/t16-/m0/s1. The van der Waals surface area contributed by atoms with Gasteiger partial charge in [0.1, 0.15) is 6.04 Å². The van der Waals surface area contributed by atoms with Crippen molar-refractivity contribution in [2.45, 2.75) is 52.0 Å². The van der Waals surface area contributed by atoms with Crippen molar-refractivity contribution in [3.63, 3.8) is 0 Å². The van der Waals surface area contributed by atoms with Crippen molar-refractivity contribution in [3.8, 4) is 0 Å². The monoisotopic (exact) mass is 318 g/mol. The third-order valence-corrected chi connectivity index (χ3v) is 4.92. The molecule has 1 fully saturated rings. The van der Waals surface area contributed by atoms with Crippen molar-refractivity contribution in [3.05, 3.63) is 28.8 Å². The van der Waals surface area contributed by atoms with Gasteiger partial charge in [-0.3, -0.25) is 9.79 Å². The molecule has 118 valence electrons. The molecule has 3 rings (SSSR count). The number of hydrogen-bond donors (Lipinski definition) is 1. The zero-order valence-electron chi connectivity index (χ0n) is 13.2. The Morgan fingerprint density at radius 2 is 1.95 bits per heavy atom. The van der Waals surface area contributed by atoms with Gasteiger partial charge >= 0.3 is 0 Å². The average molecular weight is 319 g/mol. The lowest BCUT2D eigenvalue weighted by Crippen LogP contribution is -2.30. The van der Waals surface area contributed by atoms with Gasteiger partial charge in [0.2, 0.25) is 5.91 Å². The van der Waals surface area contributed by atoms with Crippen LogP contribution in [0.3, 0.4) is 0 Å². The summed E-state index contributed by atoms with van der Waals surface area (Å²) in [5.41, 5.74) is 2.94. The first kappa shape index (κ1) is 15.5. The molecular weight excluding hydrogens is 296 g/mol. The second-order valence-corrected chi connectivity index (χ2v) is 7.15. The van der Waals surface area contributed by atoms with E-state index in [0.717, 1.165) is 29.8 Å². The van der Waals surface area contributed by atoms with Gasteiger partial charge in [0.25, 0.3) is 0 Å². The van der Waals surface area contributed by atoms with Crippen molar-refractivity contribution < 1.29 is 4.79 Å². The fourth-order valence-corrected chi connectivity index (χ4v) is 3.65. The van der Waals surface area contributed by atoms with Crippen LogP contribution in [0.1, 0.15) is 51.5 Å². The van der Waals surface area contributed by atoms with Gasteiger partial charge in [-0.05, 0) is 37.0 Å². The Balaban J connectivity index is 2.09. The fraction of sp³-hybridized carbons (Fsp3) is 0.556. The van der Waals surface area contributed by atoms with E-state index in [1.54, 1.807) is 0 Å². The van der Waals surface area contributed by atoms with Crippen molar-refractivity contribution in [1.29, 1.82) is 0 Å². The summed E-state index contributed by atoms with van der Waals surface area (Å²) >= 11 is 6.20. The number of aliphatic imine (C=N–C) groups is 1. The SMILES string of the molecule is CC(C)[C@@H]1N=C(C2CCCCC2)c2cc(Cl)ccc2NC1=O. The molecular formula is C18H23ClN2O. The highest BCUT2D eigenvalue weighted by molar-refractivity contribution is 6.31. The van der Waals surface area contributed by atoms with Crippen molar-refractivity contribution in [2.24, 2.45) is 16.8 Å². The second kappa shape index (κ2) is 6.41. The van der Waals surface area contributed by atoms with E-state index in [0.29, 0.717) is 10.9 Å². The normalized spacial score (nSPS) is 22.8. The van der Waals surface area contributed by atoms with E-state index < -0.39 is 0 Å². The predicted molar refractivity (Wildman–Crippen MR) is 91.8 cm³/mol. The lowest BCUT2D eigenvalue weighted by atomic mass is 9.82. The third-order valence-electron chi connectivity index (χ3n) is 4.69. The first-order valence-corrected chi connectivity index (χ1v) is 8.62. The number of carbonyl (C=O) groups excluding carboxylic acids is 1. The molecule has 0 unspecified atom stereocenters. The molecule has 1 heterocycles. The molecule has 1 aliphatic heterocycles. The molecule has 4 heteroatoms. The molecule has 1 N–H and O–H groups in total. The maximum absolute atomic E-state index is 12.5. The summed E-state index contributed by atoms with van der Waals surface area (Å²) in [4.78, 5) is 17.4. The molecule has 1 saturated carbocycles. The summed E-state index contributed by atoms with van der Waals surface area (Å²) in [5.74, 6) is 0.618. The molecule has 1 aliphatic carbocycles. The van der Waals surface area contributed by atoms with Crippen molar-refractivity contribution >= 4 is 28.9 Å². The van der Waals surface area contributed by atoms with E-state index >= 15 is 0 Å². The van der Waals surface area contributed by atoms with E-state index in [1.165, 1.54) is 19.3 Å². The lowest BCUT2D eigenvalue weighted by Gasteiger charge is -2.25. The maximum Gasteiger partial charge on any atom is 0.249 e. The van der Waals surface area contributed by atoms with Gasteiger partial charge in [-0.2, -0.15) is 0 Å². The van der Waals surface area contributed by atoms with Crippen LogP contribution in [0.25, 0.3) is 0 Å². The Kier molecular flexibility index (Phi) is 4.53. The van der Waals surface area contributed by atoms with Gasteiger partial charge in [0.05, 0.1) is 0 Å². The van der Waals surface area contributed by atoms with Gasteiger partial charge in [-0.25, -0.2) is 0 Å². The molecule has 1 atom stereocenters. The fourth-order valence-electron chi connectivity index (χ4n) is 3.48. The van der Waals surface area contributed by atoms with E-state index in [-0.39, 0.29) is 17.9 Å². The van der Waals surface area contributed by atoms with Crippen LogP contribution >= 0.6 is 11.6 Å². The molecule has 0 bridgehead atoms. The minimum Gasteiger partial charge on any atom is -0.324 e. The van der Waals surface area contributed by atoms with Gasteiger partial charge in [-0.1, -0.05) is 44.7 Å². The van der Waals surface area contributed by atoms with Crippen LogP contribution in [-0.4, -0.2) is 17.7 Å². The zero-order chi connectivity index (χ0) is 15.7. The van der Waals surface area contributed by atoms with Crippen LogP contribution in [0.2, 0.25) is 5.02 Å². The molecule has 3 nitrogen and oxygen atoms in total. The van der Waals surface area contributed by atoms with E-state index in [1.807, 2.05) is 18.2 Å². The topological polar surface area (TPSA) is 41.5 Å². The summed E-state index contributed by atoms with van der Waals surface area (Å²) in [7, 11) is 0. The van der Waals surface area contributed by atoms with Crippen LogP contribution in [-0.2, 0) is 4.79 Å². The van der Waals surface area contributed by atoms with Gasteiger partial charge < -0.3 is 5.32 Å². The Hall–Kier alpha value is -1.35. The third kappa shape index (κ3) is 3.05. The number of rotatable bonds is 2. The van der Waals surface area contributed by atoms with Gasteiger partial charge in [-0.15, -0.1) is 0 Å². The lowest BCUT2D eigenvalue weighted by molar-refractivity contribution is -0.118. The van der Waals surface area contributed by atoms with Crippen molar-refractivity contribution in [2.75, 3.05) is 5.32 Å². The second-order valence-electron chi connectivity index (χ2n) is 6.72. The summed E-state index contributed by atoms with van der Waals surface area (Å²) in [6.45, 7) is 4.10. The Bertz CT molecular complexity index is 603. The minimum atomic E-state index is -0.317. The molecule has 0 radical (unpaired) electrons. The summed E-state index contributed by atoms with van der Waals surface area (Å²) < 4.78 is 0. The van der Waals surface area contributed by atoms with E-state index in [2.05, 4.69) is 19.2 Å². The minimum absolute atomic E-state index is 0.00983. The number of carbonyl (C=O) groups is 1. The number of anilines is 1. The Morgan fingerprint density at radius 1 is 1.23 bits per heavy atom. The smallest absolute Gasteiger partial charge is 0.249 e. The highest BCUT2D eigenvalue weighted by atomic mass is 35.5. The molecule has 22 heavy (non-hydrogen) atoms. The Morgan fingerprint density at radius 3 is 2.64 bits per heavy atom. The molecule has 0 saturated heterocycles. The molecule has 1 aromatic rings. The van der Waals surface area contributed by atoms with E-state index in [4.69, 9.17) is 16.6 Å². The van der Waals surface area contributed by atoms with Crippen LogP contribution in [0, 0.1) is 11.8 Å². The molecule has 0 aromatic heterocycles. The zero-order valence-corrected chi connectivity index (χ0v) is 14.0. The van der Waals surface area contributed by atoms with E-state index in [9.17, 15) is 4.79 Å². The van der Waals surface area contributed by atoms with Gasteiger partial charge in [0, 0.05) is 27.9 Å². The molecule has 1 aromatic carbocycles. The summed E-state index contributed by atoms with van der Waals surface area (Å²) in [5, 5.41) is 3.73. The largest absolute Gasteiger partial charge is 0.324 e. The first-order chi connectivity index (χ1) is 10.6. The number of amides is 1. The highest BCUT2D eigenvalue weighted by Crippen LogP contribution is 2.34. The molecule has 1 amide bonds. The summed E-state index contributed by atoms with van der Waals surface area (Å²) in [6, 6.07) is 5.36. The number of benzodiazepines with no additional fused rings is 1. The molecule has 0 spiro atoms. The number of nitrogens with one attached hydrogen (secondary N) is 1. The highest BCUT2D eigenvalue weighted by Gasteiger charge is 2.31. The van der Waals surface area contributed by atoms with Crippen LogP contribution in [0.5, 0.6) is 0 Å². The summed E-state index contributed by atoms with van der Waals surface area (Å²) in [6.07, 6.45) is 6.10. The quantitative estimate of drug-likeness (QED) is 0.844. The van der Waals surface area contributed by atoms with Crippen LogP contribution < -0.4 is 5.32 Å². The number of nitrogens with zero attached hydrogens (tertiary/aromatic N) is 1. The van der Waals surface area contributed by atoms with Crippen LogP contribution in [0.4, 0.5) is 5.69 Å². The maximum atomic E-state index is 12.5. The Labute approximate surface area is 137 Å². The predicted octanol–water partition coefficient (Wildman–Crippen LogP) is 4.69. The number of fused-ring (bicyclic) bond motifs is 1.